The molecule has 0 aliphatic carbocycles. The lowest BCUT2D eigenvalue weighted by Crippen LogP contribution is -2.45. The number of carbonyl (C=O) groups excluding carboxylic acids is 2. The van der Waals surface area contributed by atoms with Gasteiger partial charge in [-0.05, 0) is 18.0 Å². The third-order valence-corrected chi connectivity index (χ3v) is 2.65. The molecule has 0 saturated heterocycles. The molecule has 1 aliphatic heterocycles. The first-order chi connectivity index (χ1) is 7.40. The Kier molecular flexibility index (Phi) is 2.32. The maximum atomic E-state index is 11.8. The van der Waals surface area contributed by atoms with E-state index in [1.807, 2.05) is 0 Å². The highest BCUT2D eigenvalue weighted by Gasteiger charge is 2.36. The van der Waals surface area contributed by atoms with E-state index in [2.05, 4.69) is 10.7 Å². The molecule has 5 nitrogen and oxygen atoms in total. The molecule has 0 aromatic heterocycles. The average Bonchev–Trinajstić information content (AvgIpc) is 2.43. The van der Waals surface area contributed by atoms with Gasteiger partial charge in [-0.3, -0.25) is 13.8 Å². The predicted molar refractivity (Wildman–Crippen MR) is 61.3 cm³/mol. The fourth-order valence-electron chi connectivity index (χ4n) is 1.47. The van der Waals surface area contributed by atoms with Crippen molar-refractivity contribution in [2.24, 2.45) is 0 Å². The fourth-order valence-corrected chi connectivity index (χ4v) is 2.02. The number of rotatable bonds is 2. The molecule has 0 saturated carbocycles. The van der Waals surface area contributed by atoms with Crippen LogP contribution in [0.2, 0.25) is 0 Å². The van der Waals surface area contributed by atoms with E-state index in [4.69, 9.17) is 0 Å². The van der Waals surface area contributed by atoms with Gasteiger partial charge in [-0.1, -0.05) is 12.1 Å². The summed E-state index contributed by atoms with van der Waals surface area (Å²) in [5.74, 6) is 2.33. The van der Waals surface area contributed by atoms with Gasteiger partial charge in [0.15, 0.2) is 0 Å². The number of hydrogen-bond donors (Lipinski definition) is 1. The van der Waals surface area contributed by atoms with Crippen molar-refractivity contribution in [1.82, 2.24) is 9.84 Å². The van der Waals surface area contributed by atoms with Crippen LogP contribution in [0.1, 0.15) is 20.7 Å². The van der Waals surface area contributed by atoms with Crippen molar-refractivity contribution in [1.29, 1.82) is 0 Å². The quantitative estimate of drug-likeness (QED) is 0.584. The van der Waals surface area contributed by atoms with Crippen LogP contribution in [0.5, 0.6) is 0 Å². The summed E-state index contributed by atoms with van der Waals surface area (Å²) < 4.78 is 11.4. The minimum atomic E-state index is -2.66. The highest BCUT2D eigenvalue weighted by molar-refractivity contribution is 7.97. The van der Waals surface area contributed by atoms with Crippen LogP contribution < -0.4 is 4.83 Å². The Morgan fingerprint density at radius 3 is 2.00 bits per heavy atom. The van der Waals surface area contributed by atoms with Crippen LogP contribution in [-0.4, -0.2) is 33.2 Å². The van der Waals surface area contributed by atoms with Crippen LogP contribution in [0.25, 0.3) is 0 Å². The standard InChI is InChI=1S/C10H10N2O3S/c1-16(2,15)11-12-9(13)7-5-3-4-6-8(7)10(12)14/h3-6H,1H2,2H3,(H,11,15). The van der Waals surface area contributed by atoms with E-state index in [1.165, 1.54) is 6.26 Å². The maximum Gasteiger partial charge on any atom is 0.276 e. The summed E-state index contributed by atoms with van der Waals surface area (Å²) in [4.78, 5) is 25.9. The molecule has 2 rings (SSSR count). The van der Waals surface area contributed by atoms with E-state index in [-0.39, 0.29) is 0 Å². The first-order valence-electron chi connectivity index (χ1n) is 4.47. The number of nitrogens with zero attached hydrogens (tertiary/aromatic N) is 1. The Balaban J connectivity index is 2.43. The third-order valence-electron chi connectivity index (χ3n) is 2.08. The van der Waals surface area contributed by atoms with Gasteiger partial charge in [-0.25, -0.2) is 0 Å². The Morgan fingerprint density at radius 1 is 1.19 bits per heavy atom. The lowest BCUT2D eigenvalue weighted by atomic mass is 10.1. The van der Waals surface area contributed by atoms with Gasteiger partial charge in [-0.15, -0.1) is 4.83 Å². The average molecular weight is 238 g/mol. The Morgan fingerprint density at radius 2 is 1.62 bits per heavy atom. The first-order valence-corrected chi connectivity index (χ1v) is 6.61. The van der Waals surface area contributed by atoms with Crippen molar-refractivity contribution in [3.8, 4) is 0 Å². The van der Waals surface area contributed by atoms with E-state index in [9.17, 15) is 13.8 Å². The van der Waals surface area contributed by atoms with Crippen LogP contribution >= 0.6 is 0 Å². The molecule has 0 radical (unpaired) electrons. The van der Waals surface area contributed by atoms with Gasteiger partial charge in [-0.2, -0.15) is 5.01 Å². The van der Waals surface area contributed by atoms with Crippen LogP contribution in [0.3, 0.4) is 0 Å². The zero-order valence-electron chi connectivity index (χ0n) is 8.60. The predicted octanol–water partition coefficient (Wildman–Crippen LogP) is 0.0484. The van der Waals surface area contributed by atoms with E-state index in [1.54, 1.807) is 24.3 Å². The van der Waals surface area contributed by atoms with Crippen LogP contribution in [0.15, 0.2) is 24.3 Å². The maximum absolute atomic E-state index is 11.8. The van der Waals surface area contributed by atoms with Crippen molar-refractivity contribution >= 4 is 27.4 Å². The molecule has 6 heteroatoms. The molecule has 84 valence electrons. The van der Waals surface area contributed by atoms with Crippen LogP contribution in [-0.2, 0) is 9.71 Å². The van der Waals surface area contributed by atoms with Crippen molar-refractivity contribution in [2.45, 2.75) is 0 Å². The van der Waals surface area contributed by atoms with Crippen molar-refractivity contribution in [2.75, 3.05) is 6.26 Å². The van der Waals surface area contributed by atoms with Gasteiger partial charge in [0.1, 0.15) is 0 Å². The van der Waals surface area contributed by atoms with Crippen molar-refractivity contribution in [3.05, 3.63) is 35.4 Å². The summed E-state index contributed by atoms with van der Waals surface area (Å²) in [7, 11) is -2.66. The molecular formula is C10H10N2O3S. The number of hydrazine groups is 1. The Hall–Kier alpha value is -1.66. The largest absolute Gasteiger partial charge is 0.276 e. The zero-order chi connectivity index (χ0) is 11.9. The number of benzene rings is 1. The summed E-state index contributed by atoms with van der Waals surface area (Å²) in [6.07, 6.45) is 1.32. The smallest absolute Gasteiger partial charge is 0.267 e. The zero-order valence-corrected chi connectivity index (χ0v) is 9.41. The van der Waals surface area contributed by atoms with E-state index >= 15 is 0 Å². The van der Waals surface area contributed by atoms with E-state index in [0.29, 0.717) is 11.1 Å². The number of amides is 2. The molecule has 1 N–H and O–H groups in total. The van der Waals surface area contributed by atoms with Crippen molar-refractivity contribution < 1.29 is 13.8 Å². The molecule has 1 aromatic carbocycles. The summed E-state index contributed by atoms with van der Waals surface area (Å²) in [6.45, 7) is 0. The van der Waals surface area contributed by atoms with Gasteiger partial charge >= 0.3 is 0 Å². The SMILES string of the molecule is C=S(C)(=O)NN1C(=O)c2ccccc2C1=O. The highest BCUT2D eigenvalue weighted by Crippen LogP contribution is 2.20. The second kappa shape index (κ2) is 3.43. The molecule has 1 atom stereocenters. The van der Waals surface area contributed by atoms with Gasteiger partial charge in [0, 0.05) is 16.0 Å². The Labute approximate surface area is 93.2 Å². The molecule has 2 amide bonds. The first kappa shape index (κ1) is 10.8. The number of hydrogen-bond acceptors (Lipinski definition) is 3. The molecule has 1 heterocycles. The molecule has 16 heavy (non-hydrogen) atoms. The van der Waals surface area contributed by atoms with Crippen molar-refractivity contribution in [3.63, 3.8) is 0 Å². The van der Waals surface area contributed by atoms with E-state index < -0.39 is 21.5 Å². The Bertz CT molecular complexity index is 542. The molecular weight excluding hydrogens is 228 g/mol. The van der Waals surface area contributed by atoms with Gasteiger partial charge in [0.25, 0.3) is 11.8 Å². The second-order valence-electron chi connectivity index (χ2n) is 3.59. The lowest BCUT2D eigenvalue weighted by Gasteiger charge is -2.15. The molecule has 0 fully saturated rings. The normalized spacial score (nSPS) is 18.4. The number of imide groups is 1. The minimum absolute atomic E-state index is 0.309. The van der Waals surface area contributed by atoms with Gasteiger partial charge in [0.2, 0.25) is 0 Å². The molecule has 0 bridgehead atoms. The van der Waals surface area contributed by atoms with Crippen LogP contribution in [0, 0.1) is 0 Å². The monoisotopic (exact) mass is 238 g/mol. The summed E-state index contributed by atoms with van der Waals surface area (Å²) in [6, 6.07) is 6.44. The van der Waals surface area contributed by atoms with Gasteiger partial charge in [0.05, 0.1) is 11.1 Å². The van der Waals surface area contributed by atoms with E-state index in [0.717, 1.165) is 5.01 Å². The molecule has 0 spiro atoms. The third kappa shape index (κ3) is 1.72. The fraction of sp³-hybridized carbons (Fsp3) is 0.100. The summed E-state index contributed by atoms with van der Waals surface area (Å²) >= 11 is 0. The lowest BCUT2D eigenvalue weighted by molar-refractivity contribution is 0.0622. The topological polar surface area (TPSA) is 66.5 Å². The molecule has 1 aliphatic rings. The molecule has 1 aromatic rings. The minimum Gasteiger partial charge on any atom is -0.267 e. The highest BCUT2D eigenvalue weighted by atomic mass is 32.2. The van der Waals surface area contributed by atoms with Crippen LogP contribution in [0.4, 0.5) is 0 Å². The summed E-state index contributed by atoms with van der Waals surface area (Å²) in [5, 5.41) is 0.750. The molecule has 1 unspecified atom stereocenters. The number of carbonyl (C=O) groups is 2. The van der Waals surface area contributed by atoms with Gasteiger partial charge < -0.3 is 0 Å². The number of fused-ring (bicyclic) bond motifs is 1. The summed E-state index contributed by atoms with van der Waals surface area (Å²) in [5.41, 5.74) is 0.618. The number of nitrogens with one attached hydrogen (secondary N) is 1. The second-order valence-corrected chi connectivity index (χ2v) is 5.78.